The number of nitrogens with one attached hydrogen (secondary N) is 2. The summed E-state index contributed by atoms with van der Waals surface area (Å²) < 4.78 is 5.36. The highest BCUT2D eigenvalue weighted by atomic mass is 16.6. The van der Waals surface area contributed by atoms with Crippen LogP contribution in [0.15, 0.2) is 12.5 Å². The van der Waals surface area contributed by atoms with E-state index in [0.29, 0.717) is 42.4 Å². The van der Waals surface area contributed by atoms with Crippen molar-refractivity contribution in [1.29, 1.82) is 0 Å². The first-order chi connectivity index (χ1) is 14.0. The third-order valence-electron chi connectivity index (χ3n) is 4.29. The molecule has 0 fully saturated rings. The van der Waals surface area contributed by atoms with E-state index in [9.17, 15) is 9.59 Å². The van der Waals surface area contributed by atoms with Crippen molar-refractivity contribution in [3.8, 4) is 0 Å². The van der Waals surface area contributed by atoms with Gasteiger partial charge < -0.3 is 30.1 Å². The number of nitrogens with zero attached hydrogens (tertiary/aromatic N) is 5. The van der Waals surface area contributed by atoms with Crippen LogP contribution in [-0.4, -0.2) is 96.6 Å². The van der Waals surface area contributed by atoms with Gasteiger partial charge in [-0.1, -0.05) is 0 Å². The molecular formula is C20H33N7O3. The van der Waals surface area contributed by atoms with Crippen molar-refractivity contribution in [2.45, 2.75) is 26.4 Å². The van der Waals surface area contributed by atoms with Crippen molar-refractivity contribution >= 4 is 29.2 Å². The number of fused-ring (bicyclic) bond motifs is 1. The molecule has 2 rings (SSSR count). The Morgan fingerprint density at radius 1 is 1.17 bits per heavy atom. The number of carbonyl (C=O) groups is 2. The van der Waals surface area contributed by atoms with Crippen LogP contribution in [0.4, 0.5) is 16.4 Å². The van der Waals surface area contributed by atoms with Crippen LogP contribution in [0, 0.1) is 0 Å². The lowest BCUT2D eigenvalue weighted by molar-refractivity contribution is -0.110. The standard InChI is InChI=1S/C20H33N7O3/c1-20(2,3)30-19(29)27(7)11-10-26(6)9-8-21-16-15-14(12-25(4)5)18(28)24-17(15)23-13-22-16/h12-13H,8-11H2,1-7H3,(H2,21,22,23,24,28). The zero-order chi connectivity index (χ0) is 22.5. The van der Waals surface area contributed by atoms with Crippen molar-refractivity contribution in [3.63, 3.8) is 0 Å². The minimum Gasteiger partial charge on any atom is -0.444 e. The van der Waals surface area contributed by atoms with E-state index in [2.05, 4.69) is 25.5 Å². The molecule has 0 spiro atoms. The van der Waals surface area contributed by atoms with Crippen molar-refractivity contribution in [1.82, 2.24) is 24.7 Å². The summed E-state index contributed by atoms with van der Waals surface area (Å²) in [6, 6.07) is 0. The molecule has 2 N–H and O–H groups in total. The predicted octanol–water partition coefficient (Wildman–Crippen LogP) is 1.54. The highest BCUT2D eigenvalue weighted by Crippen LogP contribution is 2.34. The Morgan fingerprint density at radius 3 is 2.50 bits per heavy atom. The fraction of sp³-hybridized carbons (Fsp3) is 0.600. The highest BCUT2D eigenvalue weighted by Gasteiger charge is 2.29. The summed E-state index contributed by atoms with van der Waals surface area (Å²) in [4.78, 5) is 38.2. The predicted molar refractivity (Wildman–Crippen MR) is 117 cm³/mol. The Balaban J connectivity index is 1.87. The van der Waals surface area contributed by atoms with E-state index in [4.69, 9.17) is 4.74 Å². The maximum atomic E-state index is 12.2. The number of hydrogen-bond donors (Lipinski definition) is 2. The minimum atomic E-state index is -0.505. The first kappa shape index (κ1) is 23.4. The Hall–Kier alpha value is -2.88. The molecule has 2 amide bonds. The average molecular weight is 420 g/mol. The molecule has 1 aliphatic rings. The van der Waals surface area contributed by atoms with Crippen LogP contribution in [0.5, 0.6) is 0 Å². The number of aromatic nitrogens is 2. The van der Waals surface area contributed by atoms with Gasteiger partial charge in [0, 0.05) is 53.5 Å². The van der Waals surface area contributed by atoms with Gasteiger partial charge in [-0.2, -0.15) is 0 Å². The van der Waals surface area contributed by atoms with Crippen LogP contribution < -0.4 is 10.6 Å². The first-order valence-corrected chi connectivity index (χ1v) is 9.89. The van der Waals surface area contributed by atoms with E-state index < -0.39 is 5.60 Å². The normalized spacial score (nSPS) is 14.5. The molecule has 1 aromatic heterocycles. The lowest BCUT2D eigenvalue weighted by Crippen LogP contribution is -2.39. The molecule has 0 unspecified atom stereocenters. The second-order valence-electron chi connectivity index (χ2n) is 8.54. The van der Waals surface area contributed by atoms with Gasteiger partial charge in [-0.3, -0.25) is 4.79 Å². The van der Waals surface area contributed by atoms with Gasteiger partial charge in [-0.05, 0) is 27.8 Å². The monoisotopic (exact) mass is 419 g/mol. The van der Waals surface area contributed by atoms with Gasteiger partial charge >= 0.3 is 6.09 Å². The molecular weight excluding hydrogens is 386 g/mol. The van der Waals surface area contributed by atoms with Gasteiger partial charge in [0.15, 0.2) is 0 Å². The molecule has 2 heterocycles. The summed E-state index contributed by atoms with van der Waals surface area (Å²) in [5, 5.41) is 6.06. The summed E-state index contributed by atoms with van der Waals surface area (Å²) in [5.41, 5.74) is 0.712. The van der Waals surface area contributed by atoms with E-state index in [0.717, 1.165) is 6.54 Å². The Kier molecular flexibility index (Phi) is 7.60. The molecule has 1 aromatic rings. The Bertz CT molecular complexity index is 802. The quantitative estimate of drug-likeness (QED) is 0.612. The number of likely N-dealkylation sites (N-methyl/N-ethyl adjacent to an activating group) is 2. The molecule has 10 nitrogen and oxygen atoms in total. The number of anilines is 2. The van der Waals surface area contributed by atoms with Crippen LogP contribution in [0.25, 0.3) is 5.57 Å². The molecule has 0 aliphatic carbocycles. The third-order valence-corrected chi connectivity index (χ3v) is 4.29. The molecule has 30 heavy (non-hydrogen) atoms. The fourth-order valence-corrected chi connectivity index (χ4v) is 2.77. The minimum absolute atomic E-state index is 0.190. The van der Waals surface area contributed by atoms with E-state index in [1.165, 1.54) is 6.33 Å². The van der Waals surface area contributed by atoms with Crippen LogP contribution in [-0.2, 0) is 9.53 Å². The van der Waals surface area contributed by atoms with Crippen LogP contribution in [0.3, 0.4) is 0 Å². The Morgan fingerprint density at radius 2 is 1.87 bits per heavy atom. The van der Waals surface area contributed by atoms with Gasteiger partial charge in [-0.25, -0.2) is 14.8 Å². The number of ether oxygens (including phenoxy) is 1. The fourth-order valence-electron chi connectivity index (χ4n) is 2.77. The smallest absolute Gasteiger partial charge is 0.410 e. The van der Waals surface area contributed by atoms with Crippen LogP contribution >= 0.6 is 0 Å². The lowest BCUT2D eigenvalue weighted by Gasteiger charge is -2.26. The molecule has 0 saturated carbocycles. The molecule has 0 bridgehead atoms. The zero-order valence-corrected chi connectivity index (χ0v) is 18.9. The maximum absolute atomic E-state index is 12.2. The van der Waals surface area contributed by atoms with Crippen molar-refractivity contribution < 1.29 is 14.3 Å². The molecule has 0 atom stereocenters. The molecule has 10 heteroatoms. The topological polar surface area (TPSA) is 103 Å². The highest BCUT2D eigenvalue weighted by molar-refractivity contribution is 6.32. The molecule has 1 aliphatic heterocycles. The summed E-state index contributed by atoms with van der Waals surface area (Å²) in [6.45, 7) is 8.16. The molecule has 166 valence electrons. The maximum Gasteiger partial charge on any atom is 0.410 e. The van der Waals surface area contributed by atoms with Gasteiger partial charge in [0.25, 0.3) is 5.91 Å². The van der Waals surface area contributed by atoms with Crippen molar-refractivity contribution in [3.05, 3.63) is 18.1 Å². The van der Waals surface area contributed by atoms with Gasteiger partial charge in [0.2, 0.25) is 0 Å². The number of carbonyl (C=O) groups excluding carboxylic acids is 2. The summed E-state index contributed by atoms with van der Waals surface area (Å²) in [6.07, 6.45) is 2.86. The van der Waals surface area contributed by atoms with E-state index in [1.807, 2.05) is 46.8 Å². The zero-order valence-electron chi connectivity index (χ0n) is 18.9. The summed E-state index contributed by atoms with van der Waals surface area (Å²) >= 11 is 0. The SMILES string of the molecule is CN(C)C=C1C(=O)Nc2ncnc(NCCN(C)CCN(C)C(=O)OC(C)(C)C)c21. The number of amides is 2. The van der Waals surface area contributed by atoms with Crippen molar-refractivity contribution in [2.24, 2.45) is 0 Å². The summed E-state index contributed by atoms with van der Waals surface area (Å²) in [7, 11) is 7.43. The second kappa shape index (κ2) is 9.75. The van der Waals surface area contributed by atoms with Crippen LogP contribution in [0.1, 0.15) is 26.3 Å². The number of hydrogen-bond acceptors (Lipinski definition) is 8. The van der Waals surface area contributed by atoms with E-state index >= 15 is 0 Å². The lowest BCUT2D eigenvalue weighted by atomic mass is 10.1. The molecule has 0 aromatic carbocycles. The van der Waals surface area contributed by atoms with Gasteiger partial charge in [0.05, 0.1) is 11.1 Å². The van der Waals surface area contributed by atoms with Crippen molar-refractivity contribution in [2.75, 3.05) is 65.0 Å². The second-order valence-corrected chi connectivity index (χ2v) is 8.54. The third kappa shape index (κ3) is 6.58. The average Bonchev–Trinajstić information content (AvgIpc) is 2.94. The largest absolute Gasteiger partial charge is 0.444 e. The van der Waals surface area contributed by atoms with Gasteiger partial charge in [-0.15, -0.1) is 0 Å². The van der Waals surface area contributed by atoms with E-state index in [-0.39, 0.29) is 12.0 Å². The first-order valence-electron chi connectivity index (χ1n) is 9.89. The molecule has 0 radical (unpaired) electrons. The Labute approximate surface area is 178 Å². The number of rotatable bonds is 8. The van der Waals surface area contributed by atoms with Gasteiger partial charge in [0.1, 0.15) is 23.6 Å². The molecule has 0 saturated heterocycles. The summed E-state index contributed by atoms with van der Waals surface area (Å²) in [5.74, 6) is 0.938. The van der Waals surface area contributed by atoms with Crippen LogP contribution in [0.2, 0.25) is 0 Å². The van der Waals surface area contributed by atoms with E-state index in [1.54, 1.807) is 18.1 Å².